The molecule has 21 heteroatoms. The molecule has 2 atom stereocenters. The Morgan fingerprint density at radius 3 is 2.29 bits per heavy atom. The van der Waals surface area contributed by atoms with Crippen molar-refractivity contribution in [3.05, 3.63) is 53.8 Å². The molecule has 4 amide bonds. The SMILES string of the molecule is CC(=O)NC[C@H]1CN(c2ccc(N3CCN(C(=O)COC(=O)Nc4ccc(CC(O)(P(=O)(O)O)[P+](O)(O)O)cc4)CC3)c(F)c2)C(=O)O1. The molecule has 262 valence electrons. The molecule has 0 bridgehead atoms. The van der Waals surface area contributed by atoms with Gasteiger partial charge in [0, 0.05) is 38.8 Å². The molecular weight excluding hydrogens is 683 g/mol. The summed E-state index contributed by atoms with van der Waals surface area (Å²) in [6.07, 6.45) is -3.25. The van der Waals surface area contributed by atoms with E-state index in [2.05, 4.69) is 10.6 Å². The molecule has 2 heterocycles. The molecule has 1 unspecified atom stereocenters. The fourth-order valence-electron chi connectivity index (χ4n) is 4.95. The number of halogens is 1. The highest BCUT2D eigenvalue weighted by molar-refractivity contribution is 7.75. The third-order valence-corrected chi connectivity index (χ3v) is 11.4. The van der Waals surface area contributed by atoms with Gasteiger partial charge in [0.1, 0.15) is 11.9 Å². The number of piperazine rings is 1. The number of benzene rings is 2. The number of cyclic esters (lactones) is 1. The van der Waals surface area contributed by atoms with Gasteiger partial charge in [-0.05, 0) is 35.9 Å². The predicted molar refractivity (Wildman–Crippen MR) is 167 cm³/mol. The van der Waals surface area contributed by atoms with Crippen LogP contribution in [0.1, 0.15) is 12.5 Å². The summed E-state index contributed by atoms with van der Waals surface area (Å²) in [7, 11) is -11.0. The summed E-state index contributed by atoms with van der Waals surface area (Å²) in [5, 5.41) is 11.5. The third kappa shape index (κ3) is 8.75. The highest BCUT2D eigenvalue weighted by atomic mass is 31.3. The van der Waals surface area contributed by atoms with Crippen LogP contribution in [0.5, 0.6) is 0 Å². The molecule has 2 saturated heterocycles. The molecule has 0 radical (unpaired) electrons. The number of nitrogens with one attached hydrogen (secondary N) is 2. The van der Waals surface area contributed by atoms with Crippen molar-refractivity contribution in [2.24, 2.45) is 0 Å². The Balaban J connectivity index is 1.23. The third-order valence-electron chi connectivity index (χ3n) is 7.58. The van der Waals surface area contributed by atoms with Crippen LogP contribution in [0.2, 0.25) is 0 Å². The average molecular weight is 719 g/mol. The van der Waals surface area contributed by atoms with Gasteiger partial charge in [-0.25, -0.2) is 14.0 Å². The van der Waals surface area contributed by atoms with Crippen LogP contribution in [0.15, 0.2) is 42.5 Å². The van der Waals surface area contributed by atoms with Crippen LogP contribution in [0, 0.1) is 5.82 Å². The van der Waals surface area contributed by atoms with Crippen LogP contribution in [-0.4, -0.2) is 116 Å². The van der Waals surface area contributed by atoms with Crippen molar-refractivity contribution in [2.45, 2.75) is 24.5 Å². The minimum atomic E-state index is -5.59. The number of hydrogen-bond acceptors (Lipinski definition) is 12. The molecular formula is C27H35FN5O13P2+. The van der Waals surface area contributed by atoms with Crippen molar-refractivity contribution < 1.29 is 67.2 Å². The predicted octanol–water partition coefficient (Wildman–Crippen LogP) is 0.290. The summed E-state index contributed by atoms with van der Waals surface area (Å²) >= 11 is 0. The molecule has 0 spiro atoms. The smallest absolute Gasteiger partial charge is 0.442 e. The van der Waals surface area contributed by atoms with Crippen LogP contribution in [-0.2, 0) is 30.0 Å². The summed E-state index contributed by atoms with van der Waals surface area (Å²) in [4.78, 5) is 99.5. The van der Waals surface area contributed by atoms with Gasteiger partial charge in [0.2, 0.25) is 5.91 Å². The van der Waals surface area contributed by atoms with Crippen molar-refractivity contribution in [3.63, 3.8) is 0 Å². The van der Waals surface area contributed by atoms with Crippen molar-refractivity contribution >= 4 is 56.6 Å². The lowest BCUT2D eigenvalue weighted by Gasteiger charge is -2.36. The molecule has 4 rings (SSSR count). The van der Waals surface area contributed by atoms with Crippen molar-refractivity contribution in [2.75, 3.05) is 61.0 Å². The van der Waals surface area contributed by atoms with E-state index in [4.69, 9.17) is 9.47 Å². The van der Waals surface area contributed by atoms with Crippen LogP contribution in [0.3, 0.4) is 0 Å². The standard InChI is InChI=1S/C27H34FN5O13P2/c1-17(34)29-14-21-15-33(26(37)46-21)20-6-7-23(22(28)12-20)31-8-10-32(11-9-31)24(35)16-45-25(36)30-19-4-2-18(3-5-19)13-27(38,47(39,40)41)48(42,43)44/h2-7,12,21,38-41H,8-11,13-16H2,1H3,(H3-,29,30,34,36,42,43,44)/p+1/t21-,27?/m0/s1. The summed E-state index contributed by atoms with van der Waals surface area (Å²) in [6.45, 7) is 1.96. The van der Waals surface area contributed by atoms with E-state index in [1.807, 2.05) is 0 Å². The Morgan fingerprint density at radius 2 is 1.73 bits per heavy atom. The lowest BCUT2D eigenvalue weighted by molar-refractivity contribution is -0.134. The summed E-state index contributed by atoms with van der Waals surface area (Å²) < 4.78 is 36.9. The molecule has 2 aliphatic heterocycles. The first-order valence-electron chi connectivity index (χ1n) is 14.3. The van der Waals surface area contributed by atoms with Crippen molar-refractivity contribution in [1.82, 2.24) is 10.2 Å². The number of anilines is 3. The molecule has 48 heavy (non-hydrogen) atoms. The van der Waals surface area contributed by atoms with Crippen molar-refractivity contribution in [3.8, 4) is 0 Å². The first-order valence-corrected chi connectivity index (χ1v) is 17.6. The number of amides is 4. The minimum Gasteiger partial charge on any atom is -0.442 e. The van der Waals surface area contributed by atoms with Crippen LogP contribution in [0.4, 0.5) is 31.0 Å². The maximum Gasteiger partial charge on any atom is 0.451 e. The molecule has 8 N–H and O–H groups in total. The van der Waals surface area contributed by atoms with E-state index in [1.54, 1.807) is 11.0 Å². The van der Waals surface area contributed by atoms with Crippen LogP contribution < -0.4 is 20.4 Å². The molecule has 2 fully saturated rings. The molecule has 2 aliphatic rings. The van der Waals surface area contributed by atoms with E-state index in [9.17, 15) is 53.3 Å². The topological polar surface area (TPSA) is 259 Å². The lowest BCUT2D eigenvalue weighted by Crippen LogP contribution is -2.50. The number of carbonyl (C=O) groups is 4. The summed E-state index contributed by atoms with van der Waals surface area (Å²) in [5.74, 6) is -1.35. The number of aliphatic hydroxyl groups is 1. The zero-order valence-electron chi connectivity index (χ0n) is 25.4. The second kappa shape index (κ2) is 14.7. The van der Waals surface area contributed by atoms with Gasteiger partial charge >= 0.3 is 32.8 Å². The number of ether oxygens (including phenoxy) is 2. The van der Waals surface area contributed by atoms with E-state index in [1.165, 1.54) is 53.1 Å². The van der Waals surface area contributed by atoms with Gasteiger partial charge in [-0.1, -0.05) is 12.1 Å². The first-order chi connectivity index (χ1) is 22.4. The Labute approximate surface area is 273 Å². The highest BCUT2D eigenvalue weighted by Gasteiger charge is 2.69. The van der Waals surface area contributed by atoms with Gasteiger partial charge in [0.05, 0.1) is 30.9 Å². The largest absolute Gasteiger partial charge is 0.451 e. The first kappa shape index (κ1) is 36.9. The molecule has 0 aromatic heterocycles. The molecule has 0 aliphatic carbocycles. The van der Waals surface area contributed by atoms with Gasteiger partial charge in [0.15, 0.2) is 6.61 Å². The van der Waals surface area contributed by atoms with Gasteiger partial charge < -0.3 is 39.5 Å². The Kier molecular flexibility index (Phi) is 11.3. The van der Waals surface area contributed by atoms with E-state index in [0.29, 0.717) is 5.69 Å². The zero-order valence-corrected chi connectivity index (χ0v) is 27.2. The highest BCUT2D eigenvalue weighted by Crippen LogP contribution is 2.72. The normalized spacial score (nSPS) is 18.2. The number of hydrogen-bond donors (Lipinski definition) is 8. The number of nitrogens with zero attached hydrogens (tertiary/aromatic N) is 3. The second-order valence-electron chi connectivity index (χ2n) is 11.0. The van der Waals surface area contributed by atoms with E-state index in [0.717, 1.165) is 0 Å². The second-order valence-corrected chi connectivity index (χ2v) is 15.1. The number of rotatable bonds is 11. The van der Waals surface area contributed by atoms with Gasteiger partial charge in [0.25, 0.3) is 5.91 Å². The fourth-order valence-corrected chi connectivity index (χ4v) is 7.13. The van der Waals surface area contributed by atoms with E-state index < -0.39 is 63.7 Å². The molecule has 2 aromatic carbocycles. The lowest BCUT2D eigenvalue weighted by atomic mass is 10.1. The van der Waals surface area contributed by atoms with Gasteiger partial charge in [-0.2, -0.15) is 14.7 Å². The van der Waals surface area contributed by atoms with Gasteiger partial charge in [-0.3, -0.25) is 24.4 Å². The fraction of sp³-hybridized carbons (Fsp3) is 0.407. The quantitative estimate of drug-likeness (QED) is 0.145. The van der Waals surface area contributed by atoms with Crippen LogP contribution >= 0.6 is 15.5 Å². The molecule has 18 nitrogen and oxygen atoms in total. The summed E-state index contributed by atoms with van der Waals surface area (Å²) in [6, 6.07) is 9.19. The van der Waals surface area contributed by atoms with E-state index >= 15 is 4.39 Å². The zero-order chi connectivity index (χ0) is 35.4. The molecule has 2 aromatic rings. The van der Waals surface area contributed by atoms with Crippen molar-refractivity contribution in [1.29, 1.82) is 0 Å². The van der Waals surface area contributed by atoms with E-state index in [-0.39, 0.29) is 62.1 Å². The van der Waals surface area contributed by atoms with Gasteiger partial charge in [-0.15, -0.1) is 0 Å². The minimum absolute atomic E-state index is 0.0175. The maximum absolute atomic E-state index is 15.1. The number of carbonyl (C=O) groups excluding carboxylic acids is 4. The average Bonchev–Trinajstić information content (AvgIpc) is 3.39. The monoisotopic (exact) mass is 718 g/mol. The Hall–Kier alpha value is -3.93. The summed E-state index contributed by atoms with van der Waals surface area (Å²) in [5.41, 5.74) is 0.672. The maximum atomic E-state index is 15.1. The molecule has 0 saturated carbocycles. The Bertz CT molecular complexity index is 1580. The van der Waals surface area contributed by atoms with Crippen LogP contribution in [0.25, 0.3) is 0 Å². The Morgan fingerprint density at radius 1 is 1.08 bits per heavy atom.